The number of unbranched alkanes of at least 4 members (excludes halogenated alkanes) is 2. The first-order chi connectivity index (χ1) is 14.4. The van der Waals surface area contributed by atoms with Crippen molar-refractivity contribution in [3.8, 4) is 0 Å². The SMILES string of the molecule is CCCCc1ccc(NS(=O)(=O)c2ccc(Cl)c(C(=O)NCCCCOC)c2)cc1. The van der Waals surface area contributed by atoms with Crippen molar-refractivity contribution < 1.29 is 17.9 Å². The summed E-state index contributed by atoms with van der Waals surface area (Å²) in [6.07, 6.45) is 4.73. The molecule has 0 saturated carbocycles. The summed E-state index contributed by atoms with van der Waals surface area (Å²) < 4.78 is 33.1. The van der Waals surface area contributed by atoms with Crippen LogP contribution in [0, 0.1) is 0 Å². The van der Waals surface area contributed by atoms with Crippen LogP contribution >= 0.6 is 11.6 Å². The van der Waals surface area contributed by atoms with Crippen LogP contribution in [0.5, 0.6) is 0 Å². The number of methoxy groups -OCH3 is 1. The van der Waals surface area contributed by atoms with Crippen molar-refractivity contribution >= 4 is 33.2 Å². The van der Waals surface area contributed by atoms with Gasteiger partial charge in [0.1, 0.15) is 0 Å². The third kappa shape index (κ3) is 7.31. The molecule has 0 aromatic heterocycles. The molecule has 2 N–H and O–H groups in total. The van der Waals surface area contributed by atoms with Gasteiger partial charge >= 0.3 is 0 Å². The van der Waals surface area contributed by atoms with Crippen LogP contribution in [0.25, 0.3) is 0 Å². The Labute approximate surface area is 184 Å². The van der Waals surface area contributed by atoms with E-state index in [0.29, 0.717) is 18.8 Å². The van der Waals surface area contributed by atoms with E-state index in [9.17, 15) is 13.2 Å². The number of anilines is 1. The monoisotopic (exact) mass is 452 g/mol. The number of amides is 1. The van der Waals surface area contributed by atoms with Gasteiger partial charge in [-0.15, -0.1) is 0 Å². The Balaban J connectivity index is 2.08. The number of rotatable bonds is 12. The lowest BCUT2D eigenvalue weighted by Crippen LogP contribution is -2.25. The number of halogens is 1. The van der Waals surface area contributed by atoms with Crippen molar-refractivity contribution in [2.75, 3.05) is 25.0 Å². The minimum atomic E-state index is -3.85. The van der Waals surface area contributed by atoms with Crippen LogP contribution in [-0.4, -0.2) is 34.6 Å². The van der Waals surface area contributed by atoms with Crippen molar-refractivity contribution in [3.05, 3.63) is 58.6 Å². The quantitative estimate of drug-likeness (QED) is 0.459. The Kier molecular flexibility index (Phi) is 9.62. The lowest BCUT2D eigenvalue weighted by molar-refractivity contribution is 0.0951. The number of hydrogen-bond donors (Lipinski definition) is 2. The third-order valence-corrected chi connectivity index (χ3v) is 6.29. The zero-order chi connectivity index (χ0) is 22.0. The summed E-state index contributed by atoms with van der Waals surface area (Å²) in [4.78, 5) is 12.4. The Morgan fingerprint density at radius 3 is 2.47 bits per heavy atom. The van der Waals surface area contributed by atoms with Gasteiger partial charge < -0.3 is 10.1 Å². The molecule has 30 heavy (non-hydrogen) atoms. The molecular weight excluding hydrogens is 424 g/mol. The van der Waals surface area contributed by atoms with E-state index in [2.05, 4.69) is 17.0 Å². The van der Waals surface area contributed by atoms with Gasteiger partial charge in [0.05, 0.1) is 15.5 Å². The Morgan fingerprint density at radius 1 is 1.07 bits per heavy atom. The first kappa shape index (κ1) is 24.2. The fourth-order valence-corrected chi connectivity index (χ4v) is 4.14. The summed E-state index contributed by atoms with van der Waals surface area (Å²) >= 11 is 6.13. The standard InChI is InChI=1S/C22H29ClN2O4S/c1-3-4-7-17-8-10-18(11-9-17)25-30(27,28)19-12-13-21(23)20(16-19)22(26)24-14-5-6-15-29-2/h8-13,16,25H,3-7,14-15H2,1-2H3,(H,24,26). The highest BCUT2D eigenvalue weighted by Crippen LogP contribution is 2.23. The van der Waals surface area contributed by atoms with E-state index in [1.807, 2.05) is 12.1 Å². The van der Waals surface area contributed by atoms with Gasteiger partial charge in [0, 0.05) is 25.9 Å². The maximum absolute atomic E-state index is 12.8. The fraction of sp³-hybridized carbons (Fsp3) is 0.409. The molecule has 0 fully saturated rings. The van der Waals surface area contributed by atoms with E-state index in [1.165, 1.54) is 18.2 Å². The maximum atomic E-state index is 12.8. The number of aryl methyl sites for hydroxylation is 1. The first-order valence-corrected chi connectivity index (χ1v) is 11.9. The molecule has 2 rings (SSSR count). The van der Waals surface area contributed by atoms with Crippen molar-refractivity contribution in [1.29, 1.82) is 0 Å². The molecule has 0 bridgehead atoms. The summed E-state index contributed by atoms with van der Waals surface area (Å²) in [5, 5.41) is 2.95. The summed E-state index contributed by atoms with van der Waals surface area (Å²) in [5.41, 5.74) is 1.76. The lowest BCUT2D eigenvalue weighted by atomic mass is 10.1. The minimum Gasteiger partial charge on any atom is -0.385 e. The summed E-state index contributed by atoms with van der Waals surface area (Å²) in [6.45, 7) is 3.21. The highest BCUT2D eigenvalue weighted by atomic mass is 35.5. The second kappa shape index (κ2) is 11.9. The van der Waals surface area contributed by atoms with Crippen molar-refractivity contribution in [2.45, 2.75) is 43.9 Å². The largest absolute Gasteiger partial charge is 0.385 e. The molecule has 0 atom stereocenters. The van der Waals surface area contributed by atoms with E-state index in [4.69, 9.17) is 16.3 Å². The Hall–Kier alpha value is -2.09. The molecule has 0 aliphatic rings. The number of hydrogen-bond acceptors (Lipinski definition) is 4. The van der Waals surface area contributed by atoms with Crippen LogP contribution in [0.15, 0.2) is 47.4 Å². The summed E-state index contributed by atoms with van der Waals surface area (Å²) in [5.74, 6) is -0.408. The molecule has 6 nitrogen and oxygen atoms in total. The van der Waals surface area contributed by atoms with Gasteiger partial charge in [-0.05, 0) is 61.6 Å². The Bertz CT molecular complexity index is 931. The van der Waals surface area contributed by atoms with Crippen LogP contribution < -0.4 is 10.0 Å². The van der Waals surface area contributed by atoms with Gasteiger partial charge in [-0.25, -0.2) is 8.42 Å². The highest BCUT2D eigenvalue weighted by Gasteiger charge is 2.19. The van der Waals surface area contributed by atoms with Gasteiger partial charge in [-0.3, -0.25) is 9.52 Å². The van der Waals surface area contributed by atoms with Crippen molar-refractivity contribution in [3.63, 3.8) is 0 Å². The van der Waals surface area contributed by atoms with Crippen LogP contribution in [0.2, 0.25) is 5.02 Å². The predicted octanol–water partition coefficient (Wildman–Crippen LogP) is 4.64. The second-order valence-electron chi connectivity index (χ2n) is 7.00. The van der Waals surface area contributed by atoms with E-state index in [0.717, 1.165) is 37.7 Å². The molecule has 0 heterocycles. The van der Waals surface area contributed by atoms with E-state index in [-0.39, 0.29) is 15.5 Å². The van der Waals surface area contributed by atoms with Crippen molar-refractivity contribution in [2.24, 2.45) is 0 Å². The van der Waals surface area contributed by atoms with Crippen LogP contribution in [0.1, 0.15) is 48.5 Å². The molecule has 0 spiro atoms. The summed E-state index contributed by atoms with van der Waals surface area (Å²) in [7, 11) is -2.23. The highest BCUT2D eigenvalue weighted by molar-refractivity contribution is 7.92. The number of sulfonamides is 1. The second-order valence-corrected chi connectivity index (χ2v) is 9.09. The van der Waals surface area contributed by atoms with Crippen LogP contribution in [0.3, 0.4) is 0 Å². The third-order valence-electron chi connectivity index (χ3n) is 4.58. The van der Waals surface area contributed by atoms with Gasteiger partial charge in [0.15, 0.2) is 0 Å². The molecular formula is C22H29ClN2O4S. The van der Waals surface area contributed by atoms with Crippen molar-refractivity contribution in [1.82, 2.24) is 5.32 Å². The number of nitrogens with one attached hydrogen (secondary N) is 2. The molecule has 8 heteroatoms. The first-order valence-electron chi connectivity index (χ1n) is 10.1. The molecule has 2 aromatic carbocycles. The zero-order valence-corrected chi connectivity index (χ0v) is 19.0. The van der Waals surface area contributed by atoms with Gasteiger partial charge in [0.2, 0.25) is 0 Å². The van der Waals surface area contributed by atoms with E-state index in [1.54, 1.807) is 19.2 Å². The molecule has 0 unspecified atom stereocenters. The molecule has 0 saturated heterocycles. The maximum Gasteiger partial charge on any atom is 0.261 e. The summed E-state index contributed by atoms with van der Waals surface area (Å²) in [6, 6.07) is 11.4. The minimum absolute atomic E-state index is 0.0218. The van der Waals surface area contributed by atoms with Gasteiger partial charge in [0.25, 0.3) is 15.9 Å². The molecule has 2 aromatic rings. The number of carbonyl (C=O) groups excluding carboxylic acids is 1. The fourth-order valence-electron chi connectivity index (χ4n) is 2.85. The van der Waals surface area contributed by atoms with E-state index >= 15 is 0 Å². The van der Waals surface area contributed by atoms with E-state index < -0.39 is 15.9 Å². The Morgan fingerprint density at radius 2 is 1.80 bits per heavy atom. The average Bonchev–Trinajstić information content (AvgIpc) is 2.73. The van der Waals surface area contributed by atoms with Gasteiger partial charge in [-0.2, -0.15) is 0 Å². The van der Waals surface area contributed by atoms with Crippen LogP contribution in [0.4, 0.5) is 5.69 Å². The zero-order valence-electron chi connectivity index (χ0n) is 17.4. The van der Waals surface area contributed by atoms with Crippen LogP contribution in [-0.2, 0) is 21.2 Å². The lowest BCUT2D eigenvalue weighted by Gasteiger charge is -2.11. The number of benzene rings is 2. The molecule has 1 amide bonds. The number of carbonyl (C=O) groups is 1. The van der Waals surface area contributed by atoms with Gasteiger partial charge in [-0.1, -0.05) is 37.1 Å². The molecule has 0 radical (unpaired) electrons. The average molecular weight is 453 g/mol. The predicted molar refractivity (Wildman–Crippen MR) is 121 cm³/mol. The number of ether oxygens (including phenoxy) is 1. The topological polar surface area (TPSA) is 84.5 Å². The molecule has 0 aliphatic heterocycles. The smallest absolute Gasteiger partial charge is 0.261 e. The molecule has 0 aliphatic carbocycles. The normalized spacial score (nSPS) is 11.3. The molecule has 164 valence electrons.